The van der Waals surface area contributed by atoms with Crippen molar-refractivity contribution >= 4 is 33.7 Å². The quantitative estimate of drug-likeness (QED) is 0.502. The Morgan fingerprint density at radius 1 is 1.27 bits per heavy atom. The van der Waals surface area contributed by atoms with Gasteiger partial charge in [0.25, 0.3) is 5.56 Å². The van der Waals surface area contributed by atoms with Crippen molar-refractivity contribution in [2.45, 2.75) is 26.3 Å². The van der Waals surface area contributed by atoms with E-state index in [1.807, 2.05) is 37.3 Å². The van der Waals surface area contributed by atoms with Crippen LogP contribution in [0.5, 0.6) is 0 Å². The molecule has 1 unspecified atom stereocenters. The van der Waals surface area contributed by atoms with Gasteiger partial charge in [0, 0.05) is 17.8 Å². The molecule has 0 fully saturated rings. The average molecular weight is 470 g/mol. The van der Waals surface area contributed by atoms with E-state index in [4.69, 9.17) is 5.73 Å². The van der Waals surface area contributed by atoms with E-state index in [1.165, 1.54) is 4.57 Å². The van der Waals surface area contributed by atoms with Crippen LogP contribution >= 0.6 is 0 Å². The largest absolute Gasteiger partial charge is 0.382 e. The van der Waals surface area contributed by atoms with Gasteiger partial charge < -0.3 is 11.1 Å². The van der Waals surface area contributed by atoms with Crippen molar-refractivity contribution < 1.29 is 13.2 Å². The molecule has 174 valence electrons. The van der Waals surface area contributed by atoms with Gasteiger partial charge in [0.05, 0.1) is 18.0 Å². The van der Waals surface area contributed by atoms with Crippen LogP contribution < -0.4 is 21.3 Å². The number of amidine groups is 1. The second kappa shape index (κ2) is 9.45. The Balaban J connectivity index is 2.30. The molecular formula is C23H27N5O4S. The Bertz CT molecular complexity index is 1320. The van der Waals surface area contributed by atoms with Crippen LogP contribution in [0.3, 0.4) is 0 Å². The Labute approximate surface area is 192 Å². The molecule has 1 amide bonds. The van der Waals surface area contributed by atoms with Crippen molar-refractivity contribution in [1.29, 1.82) is 0 Å². The number of sulfonamides is 1. The second-order valence-corrected chi connectivity index (χ2v) is 9.65. The van der Waals surface area contributed by atoms with Gasteiger partial charge in [-0.05, 0) is 43.0 Å². The number of anilines is 1. The zero-order valence-electron chi connectivity index (χ0n) is 18.8. The van der Waals surface area contributed by atoms with Crippen LogP contribution in [-0.4, -0.2) is 44.1 Å². The number of aliphatic imine (C=N–C) groups is 1. The maximum absolute atomic E-state index is 13.7. The van der Waals surface area contributed by atoms with Crippen LogP contribution in [0.1, 0.15) is 23.7 Å². The zero-order valence-corrected chi connectivity index (χ0v) is 19.6. The molecule has 0 radical (unpaired) electrons. The molecule has 9 nitrogen and oxygen atoms in total. The number of carbonyl (C=O) groups excluding carboxylic acids is 1. The highest BCUT2D eigenvalue weighted by Crippen LogP contribution is 2.28. The highest BCUT2D eigenvalue weighted by atomic mass is 32.2. The normalized spacial score (nSPS) is 16.4. The van der Waals surface area contributed by atoms with Gasteiger partial charge in [-0.1, -0.05) is 36.9 Å². The van der Waals surface area contributed by atoms with E-state index in [-0.39, 0.29) is 29.8 Å². The average Bonchev–Trinajstić information content (AvgIpc) is 2.74. The number of nitrogens with one attached hydrogen (secondary N) is 2. The Kier molecular flexibility index (Phi) is 6.87. The molecule has 1 aliphatic heterocycles. The lowest BCUT2D eigenvalue weighted by molar-refractivity contribution is -0.109. The van der Waals surface area contributed by atoms with E-state index in [9.17, 15) is 18.0 Å². The van der Waals surface area contributed by atoms with E-state index in [0.717, 1.165) is 11.8 Å². The predicted octanol–water partition coefficient (Wildman–Crippen LogP) is 1.39. The number of pyridine rings is 1. The number of rotatable bonds is 8. The van der Waals surface area contributed by atoms with Crippen molar-refractivity contribution in [1.82, 2.24) is 9.88 Å². The summed E-state index contributed by atoms with van der Waals surface area (Å²) < 4.78 is 27.9. The summed E-state index contributed by atoms with van der Waals surface area (Å²) in [6, 6.07) is 10.8. The van der Waals surface area contributed by atoms with E-state index in [2.05, 4.69) is 21.6 Å². The lowest BCUT2D eigenvalue weighted by Crippen LogP contribution is -2.37. The second-order valence-electron chi connectivity index (χ2n) is 7.90. The van der Waals surface area contributed by atoms with Crippen LogP contribution in [0.2, 0.25) is 0 Å². The van der Waals surface area contributed by atoms with E-state index >= 15 is 0 Å². The van der Waals surface area contributed by atoms with E-state index in [0.29, 0.717) is 35.2 Å². The summed E-state index contributed by atoms with van der Waals surface area (Å²) >= 11 is 0. The lowest BCUT2D eigenvalue weighted by atomic mass is 9.95. The molecule has 4 N–H and O–H groups in total. The number of nitrogens with zero attached hydrogens (tertiary/aromatic N) is 2. The SMILES string of the molecule is C=C1C(CNC=O)=C(n2c(C)cc(Cc3ccccc3)c(NS(C)(=O)=O)c2=O)C(N)=NC1C. The van der Waals surface area contributed by atoms with E-state index in [1.54, 1.807) is 13.0 Å². The number of benzene rings is 1. The molecule has 0 saturated carbocycles. The molecular weight excluding hydrogens is 442 g/mol. The first kappa shape index (κ1) is 24.0. The van der Waals surface area contributed by atoms with Gasteiger partial charge in [0.1, 0.15) is 11.5 Å². The van der Waals surface area contributed by atoms with Gasteiger partial charge in [-0.15, -0.1) is 0 Å². The number of carbonyl (C=O) groups is 1. The standard InChI is InChI=1S/C23H27N5O4S/c1-14-10-18(11-17-8-6-5-7-9-17)20(27-33(4,31)32)23(30)28(14)21-19(12-25-13-29)15(2)16(3)26-22(21)24/h5-10,13,16,27H,2,11-12H2,1,3-4H3,(H2,24,26)(H,25,29). The fourth-order valence-electron chi connectivity index (χ4n) is 3.82. The summed E-state index contributed by atoms with van der Waals surface area (Å²) in [4.78, 5) is 29.0. The topological polar surface area (TPSA) is 136 Å². The molecule has 0 saturated heterocycles. The lowest BCUT2D eigenvalue weighted by Gasteiger charge is -2.27. The van der Waals surface area contributed by atoms with Crippen LogP contribution in [-0.2, 0) is 21.2 Å². The number of amides is 1. The van der Waals surface area contributed by atoms with Gasteiger partial charge in [-0.3, -0.25) is 23.9 Å². The monoisotopic (exact) mass is 469 g/mol. The number of hydrogen-bond acceptors (Lipinski definition) is 6. The van der Waals surface area contributed by atoms with E-state index < -0.39 is 15.6 Å². The van der Waals surface area contributed by atoms with Gasteiger partial charge in [-0.2, -0.15) is 0 Å². The summed E-state index contributed by atoms with van der Waals surface area (Å²) in [5.74, 6) is 0.101. The maximum Gasteiger partial charge on any atom is 0.280 e. The number of nitrogens with two attached hydrogens (primary N) is 1. The summed E-state index contributed by atoms with van der Waals surface area (Å²) in [5, 5.41) is 2.59. The van der Waals surface area contributed by atoms with Gasteiger partial charge in [0.2, 0.25) is 16.4 Å². The molecule has 2 aromatic rings. The summed E-state index contributed by atoms with van der Waals surface area (Å²) in [6.45, 7) is 7.67. The van der Waals surface area contributed by atoms with Crippen LogP contribution in [0.25, 0.3) is 5.70 Å². The molecule has 1 aliphatic rings. The van der Waals surface area contributed by atoms with Crippen molar-refractivity contribution in [3.8, 4) is 0 Å². The molecule has 0 spiro atoms. The number of aryl methyl sites for hydroxylation is 1. The molecule has 0 bridgehead atoms. The maximum atomic E-state index is 13.7. The van der Waals surface area contributed by atoms with Gasteiger partial charge in [-0.25, -0.2) is 8.42 Å². The number of aromatic nitrogens is 1. The fourth-order valence-corrected chi connectivity index (χ4v) is 4.41. The van der Waals surface area contributed by atoms with Crippen LogP contribution in [0.15, 0.2) is 63.9 Å². The third kappa shape index (κ3) is 5.23. The minimum absolute atomic E-state index is 0.0702. The predicted molar refractivity (Wildman–Crippen MR) is 131 cm³/mol. The summed E-state index contributed by atoms with van der Waals surface area (Å²) in [7, 11) is -3.75. The minimum Gasteiger partial charge on any atom is -0.382 e. The van der Waals surface area contributed by atoms with Crippen LogP contribution in [0, 0.1) is 6.92 Å². The highest BCUT2D eigenvalue weighted by Gasteiger charge is 2.27. The molecule has 1 aromatic carbocycles. The number of dihydropyridines is 1. The molecule has 0 aliphatic carbocycles. The van der Waals surface area contributed by atoms with Crippen molar-refractivity contribution in [3.05, 3.63) is 81.3 Å². The molecule has 3 rings (SSSR count). The third-order valence-corrected chi connectivity index (χ3v) is 5.91. The van der Waals surface area contributed by atoms with Crippen molar-refractivity contribution in [2.75, 3.05) is 17.5 Å². The Morgan fingerprint density at radius 3 is 2.55 bits per heavy atom. The minimum atomic E-state index is -3.75. The Morgan fingerprint density at radius 2 is 1.94 bits per heavy atom. The molecule has 33 heavy (non-hydrogen) atoms. The Hall–Kier alpha value is -3.66. The van der Waals surface area contributed by atoms with Gasteiger partial charge >= 0.3 is 0 Å². The van der Waals surface area contributed by atoms with Crippen LogP contribution in [0.4, 0.5) is 5.69 Å². The zero-order chi connectivity index (χ0) is 24.3. The number of hydrogen-bond donors (Lipinski definition) is 3. The first-order chi connectivity index (χ1) is 15.5. The summed E-state index contributed by atoms with van der Waals surface area (Å²) in [6.07, 6.45) is 1.88. The third-order valence-electron chi connectivity index (χ3n) is 5.34. The first-order valence-corrected chi connectivity index (χ1v) is 12.1. The molecule has 1 atom stereocenters. The summed E-state index contributed by atoms with van der Waals surface area (Å²) in [5.41, 5.74) is 8.98. The molecule has 2 heterocycles. The highest BCUT2D eigenvalue weighted by molar-refractivity contribution is 7.92. The van der Waals surface area contributed by atoms with Crippen molar-refractivity contribution in [2.24, 2.45) is 10.7 Å². The van der Waals surface area contributed by atoms with Crippen molar-refractivity contribution in [3.63, 3.8) is 0 Å². The fraction of sp³-hybridized carbons (Fsp3) is 0.261. The first-order valence-electron chi connectivity index (χ1n) is 10.2. The molecule has 1 aromatic heterocycles. The smallest absolute Gasteiger partial charge is 0.280 e. The molecule has 10 heteroatoms. The van der Waals surface area contributed by atoms with Gasteiger partial charge in [0.15, 0.2) is 0 Å².